The Bertz CT molecular complexity index is 635. The van der Waals surface area contributed by atoms with Crippen LogP contribution in [0.5, 0.6) is 6.01 Å². The fourth-order valence-corrected chi connectivity index (χ4v) is 2.83. The maximum Gasteiger partial charge on any atom is 0.318 e. The molecule has 1 aliphatic heterocycles. The third-order valence-electron chi connectivity index (χ3n) is 3.95. The summed E-state index contributed by atoms with van der Waals surface area (Å²) in [5.74, 6) is 2.14. The van der Waals surface area contributed by atoms with Crippen molar-refractivity contribution in [1.82, 2.24) is 25.5 Å². The monoisotopic (exact) mass is 316 g/mol. The van der Waals surface area contributed by atoms with Crippen molar-refractivity contribution in [3.05, 3.63) is 23.5 Å². The molecule has 0 amide bonds. The molecule has 0 bridgehead atoms. The van der Waals surface area contributed by atoms with Crippen LogP contribution in [0, 0.1) is 12.8 Å². The van der Waals surface area contributed by atoms with E-state index in [0.29, 0.717) is 18.5 Å². The number of piperidine rings is 1. The molecule has 23 heavy (non-hydrogen) atoms. The average molecular weight is 316 g/mol. The van der Waals surface area contributed by atoms with Crippen LogP contribution in [0.15, 0.2) is 12.1 Å². The van der Waals surface area contributed by atoms with Crippen LogP contribution in [0.25, 0.3) is 0 Å². The van der Waals surface area contributed by atoms with Gasteiger partial charge in [-0.25, -0.2) is 4.98 Å². The number of aryl methyl sites for hydroxylation is 1. The number of hydrogen-bond acceptors (Lipinski definition) is 6. The molecule has 7 heteroatoms. The molecule has 1 fully saturated rings. The zero-order valence-electron chi connectivity index (χ0n) is 13.7. The molecule has 0 saturated carbocycles. The molecule has 2 aromatic heterocycles. The molecule has 3 N–H and O–H groups in total. The van der Waals surface area contributed by atoms with Crippen molar-refractivity contribution < 1.29 is 4.74 Å². The minimum Gasteiger partial charge on any atom is -0.464 e. The highest BCUT2D eigenvalue weighted by molar-refractivity contribution is 5.52. The Morgan fingerprint density at radius 3 is 2.74 bits per heavy atom. The lowest BCUT2D eigenvalue weighted by Gasteiger charge is -2.22. The lowest BCUT2D eigenvalue weighted by atomic mass is 9.93. The third kappa shape index (κ3) is 4.41. The van der Waals surface area contributed by atoms with Crippen molar-refractivity contribution in [2.75, 3.05) is 25.0 Å². The van der Waals surface area contributed by atoms with E-state index < -0.39 is 0 Å². The van der Waals surface area contributed by atoms with Gasteiger partial charge < -0.3 is 15.4 Å². The van der Waals surface area contributed by atoms with Crippen molar-refractivity contribution in [2.45, 2.75) is 33.1 Å². The highest BCUT2D eigenvalue weighted by atomic mass is 16.5. The van der Waals surface area contributed by atoms with Crippen LogP contribution in [0.3, 0.4) is 0 Å². The summed E-state index contributed by atoms with van der Waals surface area (Å²) < 4.78 is 5.52. The molecule has 2 aromatic rings. The normalized spacial score (nSPS) is 15.6. The lowest BCUT2D eigenvalue weighted by Crippen LogP contribution is -2.28. The molecule has 0 aromatic carbocycles. The quantitative estimate of drug-likeness (QED) is 0.757. The second-order valence-corrected chi connectivity index (χ2v) is 5.92. The minimum absolute atomic E-state index is 0.425. The summed E-state index contributed by atoms with van der Waals surface area (Å²) in [4.78, 5) is 8.95. The zero-order chi connectivity index (χ0) is 16.1. The first-order chi connectivity index (χ1) is 11.2. The number of hydrogen-bond donors (Lipinski definition) is 3. The highest BCUT2D eigenvalue weighted by Crippen LogP contribution is 2.22. The molecule has 1 saturated heterocycles. The molecular formula is C16H24N6O. The smallest absolute Gasteiger partial charge is 0.318 e. The average Bonchev–Trinajstić information content (AvgIpc) is 2.93. The number of aromatic nitrogens is 4. The summed E-state index contributed by atoms with van der Waals surface area (Å²) in [5.41, 5.74) is 2.02. The SMILES string of the molecule is CCOc1nc(CC2CCNCC2)cc(Nc2cc(C)[nH]n2)n1. The maximum absolute atomic E-state index is 5.52. The number of aromatic amines is 1. The van der Waals surface area contributed by atoms with Crippen LogP contribution in [0.2, 0.25) is 0 Å². The lowest BCUT2D eigenvalue weighted by molar-refractivity contribution is 0.309. The maximum atomic E-state index is 5.52. The largest absolute Gasteiger partial charge is 0.464 e. The Labute approximate surface area is 136 Å². The van der Waals surface area contributed by atoms with E-state index in [1.807, 2.05) is 26.0 Å². The van der Waals surface area contributed by atoms with Crippen molar-refractivity contribution in [3.8, 4) is 6.01 Å². The van der Waals surface area contributed by atoms with E-state index in [-0.39, 0.29) is 0 Å². The van der Waals surface area contributed by atoms with Crippen LogP contribution in [-0.4, -0.2) is 39.9 Å². The molecule has 1 aliphatic rings. The van der Waals surface area contributed by atoms with Gasteiger partial charge in [0.05, 0.1) is 12.3 Å². The first kappa shape index (κ1) is 15.7. The van der Waals surface area contributed by atoms with Crippen LogP contribution in [0.4, 0.5) is 11.6 Å². The van der Waals surface area contributed by atoms with Gasteiger partial charge in [-0.1, -0.05) is 0 Å². The van der Waals surface area contributed by atoms with E-state index in [9.17, 15) is 0 Å². The van der Waals surface area contributed by atoms with Gasteiger partial charge in [0.1, 0.15) is 5.82 Å². The Kier molecular flexibility index (Phi) is 5.07. The van der Waals surface area contributed by atoms with Crippen molar-refractivity contribution in [1.29, 1.82) is 0 Å². The van der Waals surface area contributed by atoms with Crippen LogP contribution in [0.1, 0.15) is 31.2 Å². The van der Waals surface area contributed by atoms with E-state index in [2.05, 4.69) is 30.8 Å². The molecule has 0 aliphatic carbocycles. The van der Waals surface area contributed by atoms with E-state index in [0.717, 1.165) is 42.5 Å². The predicted molar refractivity (Wildman–Crippen MR) is 89.1 cm³/mol. The van der Waals surface area contributed by atoms with Crippen molar-refractivity contribution >= 4 is 11.6 Å². The molecule has 0 spiro atoms. The van der Waals surface area contributed by atoms with Crippen molar-refractivity contribution in [3.63, 3.8) is 0 Å². The Hall–Kier alpha value is -2.15. The van der Waals surface area contributed by atoms with Gasteiger partial charge in [0, 0.05) is 17.8 Å². The zero-order valence-corrected chi connectivity index (χ0v) is 13.7. The van der Waals surface area contributed by atoms with Gasteiger partial charge in [-0.15, -0.1) is 0 Å². The summed E-state index contributed by atoms with van der Waals surface area (Å²) >= 11 is 0. The molecule has 0 radical (unpaired) electrons. The summed E-state index contributed by atoms with van der Waals surface area (Å²) in [5, 5.41) is 13.7. The number of nitrogens with zero attached hydrogens (tertiary/aromatic N) is 3. The molecule has 0 atom stereocenters. The topological polar surface area (TPSA) is 87.8 Å². The Balaban J connectivity index is 1.77. The molecular weight excluding hydrogens is 292 g/mol. The van der Waals surface area contributed by atoms with Crippen molar-refractivity contribution in [2.24, 2.45) is 5.92 Å². The fraction of sp³-hybridized carbons (Fsp3) is 0.562. The van der Waals surface area contributed by atoms with E-state index >= 15 is 0 Å². The third-order valence-corrected chi connectivity index (χ3v) is 3.95. The summed E-state index contributed by atoms with van der Waals surface area (Å²) in [6, 6.07) is 4.36. The van der Waals surface area contributed by atoms with E-state index in [1.54, 1.807) is 0 Å². The van der Waals surface area contributed by atoms with Gasteiger partial charge in [0.25, 0.3) is 0 Å². The Morgan fingerprint density at radius 2 is 2.04 bits per heavy atom. The molecule has 3 rings (SSSR count). The Morgan fingerprint density at radius 1 is 1.22 bits per heavy atom. The number of H-pyrrole nitrogens is 1. The standard InChI is InChI=1S/C16H24N6O/c1-3-23-16-18-13(9-12-4-6-17-7-5-12)10-14(20-16)19-15-8-11(2)21-22-15/h8,10,12,17H,3-7,9H2,1-2H3,(H2,18,19,20,21,22). The van der Waals surface area contributed by atoms with Gasteiger partial charge >= 0.3 is 6.01 Å². The second kappa shape index (κ2) is 7.41. The predicted octanol–water partition coefficient (Wildman–Crippen LogP) is 2.19. The molecule has 3 heterocycles. The molecule has 0 unspecified atom stereocenters. The van der Waals surface area contributed by atoms with Gasteiger partial charge in [0.15, 0.2) is 5.82 Å². The summed E-state index contributed by atoms with van der Waals surface area (Å²) in [6.07, 6.45) is 3.34. The van der Waals surface area contributed by atoms with Crippen LogP contribution >= 0.6 is 0 Å². The van der Waals surface area contributed by atoms with E-state index in [1.165, 1.54) is 12.8 Å². The first-order valence-corrected chi connectivity index (χ1v) is 8.23. The molecule has 124 valence electrons. The number of nitrogens with one attached hydrogen (secondary N) is 3. The summed E-state index contributed by atoms with van der Waals surface area (Å²) in [6.45, 7) is 6.63. The number of ether oxygens (including phenoxy) is 1. The molecule has 7 nitrogen and oxygen atoms in total. The van der Waals surface area contributed by atoms with Gasteiger partial charge in [0.2, 0.25) is 0 Å². The van der Waals surface area contributed by atoms with Gasteiger partial charge in [-0.3, -0.25) is 5.10 Å². The second-order valence-electron chi connectivity index (χ2n) is 5.92. The van der Waals surface area contributed by atoms with Gasteiger partial charge in [-0.05, 0) is 52.1 Å². The summed E-state index contributed by atoms with van der Waals surface area (Å²) in [7, 11) is 0. The van der Waals surface area contributed by atoms with Crippen LogP contribution < -0.4 is 15.4 Å². The first-order valence-electron chi connectivity index (χ1n) is 8.23. The minimum atomic E-state index is 0.425. The highest BCUT2D eigenvalue weighted by Gasteiger charge is 2.16. The fourth-order valence-electron chi connectivity index (χ4n) is 2.83. The van der Waals surface area contributed by atoms with Crippen LogP contribution in [-0.2, 0) is 6.42 Å². The van der Waals surface area contributed by atoms with Gasteiger partial charge in [-0.2, -0.15) is 10.1 Å². The number of rotatable bonds is 6. The number of anilines is 2. The van der Waals surface area contributed by atoms with E-state index in [4.69, 9.17) is 4.74 Å².